The number of hydrogen-bond donors (Lipinski definition) is 0. The lowest BCUT2D eigenvalue weighted by Gasteiger charge is -2.29. The second-order valence-electron chi connectivity index (χ2n) is 3.37. The number of anilines is 1. The molecule has 0 saturated carbocycles. The molecule has 1 aliphatic rings. The molecule has 78 valence electrons. The Balaban J connectivity index is 2.32. The van der Waals surface area contributed by atoms with Gasteiger partial charge in [-0.3, -0.25) is 0 Å². The summed E-state index contributed by atoms with van der Waals surface area (Å²) in [6, 6.07) is 6.30. The maximum Gasteiger partial charge on any atom is 0.125 e. The van der Waals surface area contributed by atoms with Gasteiger partial charge >= 0.3 is 0 Å². The highest BCUT2D eigenvalue weighted by molar-refractivity contribution is 5.59. The molecule has 1 aromatic carbocycles. The van der Waals surface area contributed by atoms with Gasteiger partial charge < -0.3 is 9.64 Å². The molecule has 0 spiro atoms. The van der Waals surface area contributed by atoms with Crippen LogP contribution in [-0.2, 0) is 4.74 Å². The normalized spacial score (nSPS) is 16.1. The maximum atomic E-state index is 13.1. The first-order valence-corrected chi connectivity index (χ1v) is 4.83. The van der Waals surface area contributed by atoms with Gasteiger partial charge in [0.25, 0.3) is 0 Å². The largest absolute Gasteiger partial charge is 0.378 e. The molecule has 0 amide bonds. The number of morpholine rings is 1. The number of ether oxygens (including phenoxy) is 1. The van der Waals surface area contributed by atoms with Crippen molar-refractivity contribution < 1.29 is 9.13 Å². The van der Waals surface area contributed by atoms with Gasteiger partial charge in [-0.05, 0) is 18.2 Å². The number of hydrogen-bond acceptors (Lipinski definition) is 3. The summed E-state index contributed by atoms with van der Waals surface area (Å²) < 4.78 is 18.3. The molecule has 4 heteroatoms. The number of nitriles is 1. The van der Waals surface area contributed by atoms with Gasteiger partial charge in [-0.15, -0.1) is 0 Å². The van der Waals surface area contributed by atoms with Crippen LogP contribution in [0.15, 0.2) is 18.2 Å². The van der Waals surface area contributed by atoms with Crippen LogP contribution in [0.3, 0.4) is 0 Å². The van der Waals surface area contributed by atoms with Crippen molar-refractivity contribution >= 4 is 5.69 Å². The number of benzene rings is 1. The predicted octanol–water partition coefficient (Wildman–Crippen LogP) is 1.53. The highest BCUT2D eigenvalue weighted by atomic mass is 19.1. The Labute approximate surface area is 87.7 Å². The Hall–Kier alpha value is -1.60. The van der Waals surface area contributed by atoms with Crippen molar-refractivity contribution in [3.05, 3.63) is 29.6 Å². The molecule has 0 aliphatic carbocycles. The molecule has 1 aromatic rings. The third-order valence-corrected chi connectivity index (χ3v) is 2.43. The smallest absolute Gasteiger partial charge is 0.125 e. The Kier molecular flexibility index (Phi) is 2.84. The summed E-state index contributed by atoms with van der Waals surface area (Å²) in [6.07, 6.45) is 0. The Morgan fingerprint density at radius 2 is 2.07 bits per heavy atom. The van der Waals surface area contributed by atoms with Crippen molar-refractivity contribution in [2.75, 3.05) is 31.2 Å². The molecule has 15 heavy (non-hydrogen) atoms. The Bertz CT molecular complexity index is 394. The summed E-state index contributed by atoms with van der Waals surface area (Å²) in [5.41, 5.74) is 1.18. The van der Waals surface area contributed by atoms with Crippen LogP contribution in [0, 0.1) is 17.1 Å². The quantitative estimate of drug-likeness (QED) is 0.699. The van der Waals surface area contributed by atoms with Gasteiger partial charge in [0, 0.05) is 13.1 Å². The number of halogens is 1. The van der Waals surface area contributed by atoms with Gasteiger partial charge in [-0.2, -0.15) is 5.26 Å². The highest BCUT2D eigenvalue weighted by Gasteiger charge is 2.15. The molecule has 0 radical (unpaired) electrons. The topological polar surface area (TPSA) is 36.3 Å². The zero-order chi connectivity index (χ0) is 10.7. The third kappa shape index (κ3) is 2.08. The van der Waals surface area contributed by atoms with E-state index in [0.29, 0.717) is 37.6 Å². The lowest BCUT2D eigenvalue weighted by Crippen LogP contribution is -2.36. The predicted molar refractivity (Wildman–Crippen MR) is 54.1 cm³/mol. The van der Waals surface area contributed by atoms with Crippen molar-refractivity contribution in [1.29, 1.82) is 5.26 Å². The van der Waals surface area contributed by atoms with Crippen molar-refractivity contribution in [2.24, 2.45) is 0 Å². The van der Waals surface area contributed by atoms with Crippen LogP contribution < -0.4 is 4.90 Å². The summed E-state index contributed by atoms with van der Waals surface area (Å²) in [5.74, 6) is -0.310. The molecular formula is C11H11FN2O. The fraction of sp³-hybridized carbons (Fsp3) is 0.364. The summed E-state index contributed by atoms with van der Waals surface area (Å²) in [6.45, 7) is 2.67. The average molecular weight is 206 g/mol. The second kappa shape index (κ2) is 4.28. The molecule has 0 N–H and O–H groups in total. The average Bonchev–Trinajstić information content (AvgIpc) is 2.30. The van der Waals surface area contributed by atoms with E-state index in [0.717, 1.165) is 0 Å². The van der Waals surface area contributed by atoms with E-state index >= 15 is 0 Å². The number of nitrogens with zero attached hydrogens (tertiary/aromatic N) is 2. The summed E-state index contributed by atoms with van der Waals surface area (Å²) in [7, 11) is 0. The molecule has 0 aromatic heterocycles. The van der Waals surface area contributed by atoms with Crippen LogP contribution in [0.2, 0.25) is 0 Å². The SMILES string of the molecule is N#Cc1ccc(F)cc1N1CCOCC1. The van der Waals surface area contributed by atoms with Crippen molar-refractivity contribution in [3.8, 4) is 6.07 Å². The zero-order valence-electron chi connectivity index (χ0n) is 8.24. The Morgan fingerprint density at radius 3 is 2.73 bits per heavy atom. The third-order valence-electron chi connectivity index (χ3n) is 2.43. The summed E-state index contributed by atoms with van der Waals surface area (Å²) in [4.78, 5) is 1.98. The molecule has 1 heterocycles. The standard InChI is InChI=1S/C11H11FN2O/c12-10-2-1-9(8-13)11(7-10)14-3-5-15-6-4-14/h1-2,7H,3-6H2. The van der Waals surface area contributed by atoms with Crippen LogP contribution >= 0.6 is 0 Å². The van der Waals surface area contributed by atoms with Crippen molar-refractivity contribution in [3.63, 3.8) is 0 Å². The molecule has 0 bridgehead atoms. The van der Waals surface area contributed by atoms with Crippen molar-refractivity contribution in [2.45, 2.75) is 0 Å². The van der Waals surface area contributed by atoms with Crippen LogP contribution in [-0.4, -0.2) is 26.3 Å². The minimum absolute atomic E-state index is 0.310. The van der Waals surface area contributed by atoms with Crippen LogP contribution in [0.1, 0.15) is 5.56 Å². The zero-order valence-corrected chi connectivity index (χ0v) is 8.24. The first-order chi connectivity index (χ1) is 7.31. The van der Waals surface area contributed by atoms with Gasteiger partial charge in [0.05, 0.1) is 24.5 Å². The molecular weight excluding hydrogens is 195 g/mol. The summed E-state index contributed by atoms with van der Waals surface area (Å²) in [5, 5.41) is 8.91. The van der Waals surface area contributed by atoms with Gasteiger partial charge in [0.2, 0.25) is 0 Å². The van der Waals surface area contributed by atoms with Gasteiger partial charge in [-0.1, -0.05) is 0 Å². The molecule has 1 aliphatic heterocycles. The van der Waals surface area contributed by atoms with Gasteiger partial charge in [-0.25, -0.2) is 4.39 Å². The first kappa shape index (κ1) is 9.94. The van der Waals surface area contributed by atoms with E-state index in [-0.39, 0.29) is 5.82 Å². The minimum Gasteiger partial charge on any atom is -0.378 e. The van der Waals surface area contributed by atoms with Crippen LogP contribution in [0.5, 0.6) is 0 Å². The fourth-order valence-corrected chi connectivity index (χ4v) is 1.67. The van der Waals surface area contributed by atoms with E-state index in [1.54, 1.807) is 0 Å². The first-order valence-electron chi connectivity index (χ1n) is 4.83. The molecule has 2 rings (SSSR count). The van der Waals surface area contributed by atoms with Crippen LogP contribution in [0.25, 0.3) is 0 Å². The fourth-order valence-electron chi connectivity index (χ4n) is 1.67. The van der Waals surface area contributed by atoms with E-state index in [1.807, 2.05) is 4.90 Å². The molecule has 0 unspecified atom stereocenters. The molecule has 1 fully saturated rings. The van der Waals surface area contributed by atoms with Gasteiger partial charge in [0.1, 0.15) is 11.9 Å². The molecule has 0 atom stereocenters. The Morgan fingerprint density at radius 1 is 1.33 bits per heavy atom. The van der Waals surface area contributed by atoms with E-state index in [4.69, 9.17) is 10.00 Å². The van der Waals surface area contributed by atoms with E-state index < -0.39 is 0 Å². The van der Waals surface area contributed by atoms with E-state index in [2.05, 4.69) is 6.07 Å². The molecule has 3 nitrogen and oxygen atoms in total. The highest BCUT2D eigenvalue weighted by Crippen LogP contribution is 2.22. The lowest BCUT2D eigenvalue weighted by atomic mass is 10.1. The maximum absolute atomic E-state index is 13.1. The second-order valence-corrected chi connectivity index (χ2v) is 3.37. The van der Waals surface area contributed by atoms with Gasteiger partial charge in [0.15, 0.2) is 0 Å². The monoisotopic (exact) mass is 206 g/mol. The number of rotatable bonds is 1. The lowest BCUT2D eigenvalue weighted by molar-refractivity contribution is 0.122. The van der Waals surface area contributed by atoms with Crippen molar-refractivity contribution in [1.82, 2.24) is 0 Å². The minimum atomic E-state index is -0.310. The summed E-state index contributed by atoms with van der Waals surface area (Å²) >= 11 is 0. The van der Waals surface area contributed by atoms with E-state index in [9.17, 15) is 4.39 Å². The van der Waals surface area contributed by atoms with Crippen LogP contribution in [0.4, 0.5) is 10.1 Å². The molecule has 1 saturated heterocycles. The van der Waals surface area contributed by atoms with E-state index in [1.165, 1.54) is 18.2 Å².